The van der Waals surface area contributed by atoms with E-state index in [1.807, 2.05) is 0 Å². The summed E-state index contributed by atoms with van der Waals surface area (Å²) in [6.07, 6.45) is 3.68. The quantitative estimate of drug-likeness (QED) is 0.911. The monoisotopic (exact) mass is 311 g/mol. The van der Waals surface area contributed by atoms with Crippen LogP contribution in [-0.4, -0.2) is 19.9 Å². The first kappa shape index (κ1) is 12.5. The number of hydrogen-bond donors (Lipinski definition) is 1. The van der Waals surface area contributed by atoms with Crippen molar-refractivity contribution in [1.82, 2.24) is 5.32 Å². The van der Waals surface area contributed by atoms with Gasteiger partial charge in [0.15, 0.2) is 6.79 Å². The van der Waals surface area contributed by atoms with Crippen LogP contribution in [0.1, 0.15) is 24.0 Å². The van der Waals surface area contributed by atoms with Crippen LogP contribution in [0.4, 0.5) is 0 Å². The van der Waals surface area contributed by atoms with Gasteiger partial charge in [-0.2, -0.15) is 0 Å². The van der Waals surface area contributed by atoms with E-state index in [0.29, 0.717) is 13.4 Å². The molecule has 2 heterocycles. The van der Waals surface area contributed by atoms with E-state index in [1.54, 1.807) is 0 Å². The highest BCUT2D eigenvalue weighted by molar-refractivity contribution is 9.10. The molecule has 3 rings (SSSR count). The van der Waals surface area contributed by atoms with E-state index in [-0.39, 0.29) is 0 Å². The molecule has 0 aliphatic carbocycles. The third kappa shape index (κ3) is 2.71. The molecule has 0 spiro atoms. The van der Waals surface area contributed by atoms with Crippen LogP contribution in [0, 0.1) is 5.92 Å². The first-order valence-corrected chi connectivity index (χ1v) is 7.35. The topological polar surface area (TPSA) is 30.5 Å². The van der Waals surface area contributed by atoms with Crippen molar-refractivity contribution >= 4 is 15.9 Å². The standard InChI is InChI=1S/C14H18BrNO2/c15-13-5-11(4-10-2-1-3-16-7-10)14-12(6-13)8-17-9-18-14/h5-6,10,16H,1-4,7-9H2. The Kier molecular flexibility index (Phi) is 3.87. The van der Waals surface area contributed by atoms with Gasteiger partial charge in [0.1, 0.15) is 5.75 Å². The number of ether oxygens (including phenoxy) is 2. The van der Waals surface area contributed by atoms with Crippen molar-refractivity contribution in [3.63, 3.8) is 0 Å². The number of rotatable bonds is 2. The van der Waals surface area contributed by atoms with E-state index in [9.17, 15) is 0 Å². The molecular weight excluding hydrogens is 294 g/mol. The van der Waals surface area contributed by atoms with E-state index in [2.05, 4.69) is 33.4 Å². The Morgan fingerprint density at radius 1 is 1.39 bits per heavy atom. The zero-order chi connectivity index (χ0) is 12.4. The van der Waals surface area contributed by atoms with Crippen LogP contribution in [0.2, 0.25) is 0 Å². The third-order valence-corrected chi connectivity index (χ3v) is 4.12. The lowest BCUT2D eigenvalue weighted by molar-refractivity contribution is -0.0172. The Bertz CT molecular complexity index is 430. The van der Waals surface area contributed by atoms with E-state index in [1.165, 1.54) is 18.4 Å². The van der Waals surface area contributed by atoms with Crippen molar-refractivity contribution < 1.29 is 9.47 Å². The number of hydrogen-bond acceptors (Lipinski definition) is 3. The van der Waals surface area contributed by atoms with Crippen LogP contribution in [0.25, 0.3) is 0 Å². The normalized spacial score (nSPS) is 23.3. The molecule has 1 aromatic carbocycles. The highest BCUT2D eigenvalue weighted by Crippen LogP contribution is 2.34. The Balaban J connectivity index is 1.83. The fraction of sp³-hybridized carbons (Fsp3) is 0.571. The lowest BCUT2D eigenvalue weighted by atomic mass is 9.91. The van der Waals surface area contributed by atoms with Gasteiger partial charge in [0.05, 0.1) is 6.61 Å². The second kappa shape index (κ2) is 5.59. The first-order valence-electron chi connectivity index (χ1n) is 6.55. The Labute approximate surface area is 116 Å². The van der Waals surface area contributed by atoms with Gasteiger partial charge in [-0.05, 0) is 56.0 Å². The first-order chi connectivity index (χ1) is 8.83. The molecule has 1 N–H and O–H groups in total. The zero-order valence-electron chi connectivity index (χ0n) is 10.4. The lowest BCUT2D eigenvalue weighted by Crippen LogP contribution is -2.31. The number of piperidine rings is 1. The maximum absolute atomic E-state index is 5.69. The zero-order valence-corrected chi connectivity index (χ0v) is 12.0. The fourth-order valence-electron chi connectivity index (χ4n) is 2.82. The molecule has 0 radical (unpaired) electrons. The van der Waals surface area contributed by atoms with Gasteiger partial charge < -0.3 is 14.8 Å². The van der Waals surface area contributed by atoms with Crippen molar-refractivity contribution in [3.8, 4) is 5.75 Å². The second-order valence-corrected chi connectivity index (χ2v) is 6.00. The maximum atomic E-state index is 5.69. The highest BCUT2D eigenvalue weighted by atomic mass is 79.9. The van der Waals surface area contributed by atoms with Gasteiger partial charge in [-0.25, -0.2) is 0 Å². The van der Waals surface area contributed by atoms with Crippen molar-refractivity contribution in [2.75, 3.05) is 19.9 Å². The molecule has 0 amide bonds. The molecule has 3 nitrogen and oxygen atoms in total. The molecule has 2 aliphatic rings. The third-order valence-electron chi connectivity index (χ3n) is 3.66. The van der Waals surface area contributed by atoms with Gasteiger partial charge in [-0.1, -0.05) is 15.9 Å². The van der Waals surface area contributed by atoms with Crippen molar-refractivity contribution in [1.29, 1.82) is 0 Å². The maximum Gasteiger partial charge on any atom is 0.189 e. The molecule has 18 heavy (non-hydrogen) atoms. The number of halogens is 1. The second-order valence-electron chi connectivity index (χ2n) is 5.08. The molecule has 1 unspecified atom stereocenters. The van der Waals surface area contributed by atoms with Gasteiger partial charge in [0.2, 0.25) is 0 Å². The summed E-state index contributed by atoms with van der Waals surface area (Å²) in [5.41, 5.74) is 2.48. The van der Waals surface area contributed by atoms with Gasteiger partial charge in [-0.15, -0.1) is 0 Å². The molecule has 1 atom stereocenters. The molecule has 1 saturated heterocycles. The minimum absolute atomic E-state index is 0.380. The van der Waals surface area contributed by atoms with Crippen LogP contribution in [0.5, 0.6) is 5.75 Å². The minimum Gasteiger partial charge on any atom is -0.467 e. The molecule has 0 bridgehead atoms. The Hall–Kier alpha value is -0.580. The molecule has 98 valence electrons. The molecule has 2 aliphatic heterocycles. The van der Waals surface area contributed by atoms with Crippen LogP contribution in [0.3, 0.4) is 0 Å². The molecule has 4 heteroatoms. The summed E-state index contributed by atoms with van der Waals surface area (Å²) in [5.74, 6) is 1.78. The molecule has 0 aromatic heterocycles. The Morgan fingerprint density at radius 2 is 2.33 bits per heavy atom. The predicted molar refractivity (Wildman–Crippen MR) is 73.7 cm³/mol. The van der Waals surface area contributed by atoms with Crippen LogP contribution >= 0.6 is 15.9 Å². The van der Waals surface area contributed by atoms with Crippen LogP contribution in [-0.2, 0) is 17.8 Å². The van der Waals surface area contributed by atoms with Gasteiger partial charge in [0, 0.05) is 10.0 Å². The van der Waals surface area contributed by atoms with Crippen molar-refractivity contribution in [2.45, 2.75) is 25.9 Å². The minimum atomic E-state index is 0.380. The largest absolute Gasteiger partial charge is 0.467 e. The molecule has 1 aromatic rings. The molecular formula is C14H18BrNO2. The summed E-state index contributed by atoms with van der Waals surface area (Å²) in [6.45, 7) is 3.32. The molecule has 0 saturated carbocycles. The summed E-state index contributed by atoms with van der Waals surface area (Å²) in [5, 5.41) is 3.47. The van der Waals surface area contributed by atoms with Crippen molar-refractivity contribution in [3.05, 3.63) is 27.7 Å². The van der Waals surface area contributed by atoms with Crippen LogP contribution in [0.15, 0.2) is 16.6 Å². The summed E-state index contributed by atoms with van der Waals surface area (Å²) >= 11 is 3.58. The van der Waals surface area contributed by atoms with Gasteiger partial charge in [0.25, 0.3) is 0 Å². The van der Waals surface area contributed by atoms with E-state index >= 15 is 0 Å². The SMILES string of the molecule is Brc1cc2c(c(CC3CCCNC3)c1)OCOC2. The van der Waals surface area contributed by atoms with E-state index < -0.39 is 0 Å². The fourth-order valence-corrected chi connectivity index (χ4v) is 3.37. The summed E-state index contributed by atoms with van der Waals surface area (Å²) in [6, 6.07) is 4.29. The summed E-state index contributed by atoms with van der Waals surface area (Å²) in [4.78, 5) is 0. The average molecular weight is 312 g/mol. The summed E-state index contributed by atoms with van der Waals surface area (Å²) in [7, 11) is 0. The number of fused-ring (bicyclic) bond motifs is 1. The smallest absolute Gasteiger partial charge is 0.189 e. The van der Waals surface area contributed by atoms with Crippen molar-refractivity contribution in [2.24, 2.45) is 5.92 Å². The number of nitrogens with one attached hydrogen (secondary N) is 1. The van der Waals surface area contributed by atoms with E-state index in [0.717, 1.165) is 41.2 Å². The summed E-state index contributed by atoms with van der Waals surface area (Å²) < 4.78 is 12.1. The predicted octanol–water partition coefficient (Wildman–Crippen LogP) is 2.86. The lowest BCUT2D eigenvalue weighted by Gasteiger charge is -2.26. The van der Waals surface area contributed by atoms with Crippen LogP contribution < -0.4 is 10.1 Å². The highest BCUT2D eigenvalue weighted by Gasteiger charge is 2.20. The molecule has 1 fully saturated rings. The average Bonchev–Trinajstić information content (AvgIpc) is 2.40. The Morgan fingerprint density at radius 3 is 3.17 bits per heavy atom. The van der Waals surface area contributed by atoms with Gasteiger partial charge >= 0.3 is 0 Å². The van der Waals surface area contributed by atoms with E-state index in [4.69, 9.17) is 9.47 Å². The number of benzene rings is 1. The van der Waals surface area contributed by atoms with Gasteiger partial charge in [-0.3, -0.25) is 0 Å².